The molecule has 5 heteroatoms. The highest BCUT2D eigenvalue weighted by Crippen LogP contribution is 2.24. The Kier molecular flexibility index (Phi) is 5.79. The molecule has 1 aromatic rings. The van der Waals surface area contributed by atoms with Crippen LogP contribution in [0, 0.1) is 0 Å². The third kappa shape index (κ3) is 3.68. The first-order valence-electron chi connectivity index (χ1n) is 6.37. The lowest BCUT2D eigenvalue weighted by Gasteiger charge is -2.31. The number of hydrogen-bond acceptors (Lipinski definition) is 4. The highest BCUT2D eigenvalue weighted by atomic mass is 16.5. The van der Waals surface area contributed by atoms with Gasteiger partial charge >= 0.3 is 0 Å². The zero-order valence-electron chi connectivity index (χ0n) is 11.7. The minimum atomic E-state index is -0.625. The van der Waals surface area contributed by atoms with Gasteiger partial charge in [-0.05, 0) is 31.5 Å². The standard InChI is InChI=1S/C14H22N2O3/c1-4-16(14(18)13(9-15)19-3)10(2)11-6-5-7-12(17)8-11/h5-8,10,13,17H,4,9,15H2,1-3H3. The van der Waals surface area contributed by atoms with Crippen LogP contribution in [0.15, 0.2) is 24.3 Å². The van der Waals surface area contributed by atoms with Crippen LogP contribution in [0.2, 0.25) is 0 Å². The normalized spacial score (nSPS) is 13.9. The Labute approximate surface area is 114 Å². The number of phenolic OH excluding ortho intramolecular Hbond substituents is 1. The molecule has 0 saturated heterocycles. The van der Waals surface area contributed by atoms with Gasteiger partial charge in [0, 0.05) is 20.2 Å². The van der Waals surface area contributed by atoms with E-state index in [9.17, 15) is 9.90 Å². The number of carbonyl (C=O) groups is 1. The monoisotopic (exact) mass is 266 g/mol. The fourth-order valence-corrected chi connectivity index (χ4v) is 2.07. The van der Waals surface area contributed by atoms with E-state index in [1.54, 1.807) is 23.1 Å². The van der Waals surface area contributed by atoms with Crippen molar-refractivity contribution in [3.63, 3.8) is 0 Å². The number of likely N-dealkylation sites (N-methyl/N-ethyl adjacent to an activating group) is 1. The molecule has 106 valence electrons. The Morgan fingerprint density at radius 3 is 2.68 bits per heavy atom. The number of rotatable bonds is 6. The highest BCUT2D eigenvalue weighted by molar-refractivity contribution is 5.81. The fraction of sp³-hybridized carbons (Fsp3) is 0.500. The van der Waals surface area contributed by atoms with E-state index in [-0.39, 0.29) is 24.2 Å². The fourth-order valence-electron chi connectivity index (χ4n) is 2.07. The topological polar surface area (TPSA) is 75.8 Å². The van der Waals surface area contributed by atoms with Gasteiger partial charge in [0.2, 0.25) is 0 Å². The molecule has 0 aliphatic heterocycles. The molecule has 1 amide bonds. The predicted octanol–water partition coefficient (Wildman–Crippen LogP) is 1.28. The molecular weight excluding hydrogens is 244 g/mol. The van der Waals surface area contributed by atoms with E-state index >= 15 is 0 Å². The van der Waals surface area contributed by atoms with Crippen LogP contribution in [0.3, 0.4) is 0 Å². The van der Waals surface area contributed by atoms with Gasteiger partial charge in [0.05, 0.1) is 6.04 Å². The van der Waals surface area contributed by atoms with Crippen LogP contribution >= 0.6 is 0 Å². The first kappa shape index (κ1) is 15.5. The van der Waals surface area contributed by atoms with Crippen molar-refractivity contribution in [3.05, 3.63) is 29.8 Å². The maximum Gasteiger partial charge on any atom is 0.253 e. The molecule has 5 nitrogen and oxygen atoms in total. The summed E-state index contributed by atoms with van der Waals surface area (Å²) in [7, 11) is 1.47. The van der Waals surface area contributed by atoms with Gasteiger partial charge in [0.1, 0.15) is 11.9 Å². The molecule has 2 atom stereocenters. The second-order valence-electron chi connectivity index (χ2n) is 4.36. The Balaban J connectivity index is 2.93. The minimum absolute atomic E-state index is 0.136. The largest absolute Gasteiger partial charge is 0.508 e. The molecular formula is C14H22N2O3. The first-order chi connectivity index (χ1) is 9.04. The van der Waals surface area contributed by atoms with Gasteiger partial charge in [0.25, 0.3) is 5.91 Å². The van der Waals surface area contributed by atoms with Gasteiger partial charge in [-0.15, -0.1) is 0 Å². The van der Waals surface area contributed by atoms with E-state index in [4.69, 9.17) is 10.5 Å². The average Bonchev–Trinajstić information content (AvgIpc) is 2.41. The SMILES string of the molecule is CCN(C(=O)C(CN)OC)C(C)c1cccc(O)c1. The van der Waals surface area contributed by atoms with Crippen LogP contribution in [0.25, 0.3) is 0 Å². The van der Waals surface area contributed by atoms with Crippen molar-refractivity contribution in [2.45, 2.75) is 26.0 Å². The second kappa shape index (κ2) is 7.11. The molecule has 1 rings (SSSR count). The van der Waals surface area contributed by atoms with E-state index in [1.807, 2.05) is 19.9 Å². The van der Waals surface area contributed by atoms with Gasteiger partial charge in [0.15, 0.2) is 0 Å². The zero-order valence-corrected chi connectivity index (χ0v) is 11.7. The number of aromatic hydroxyl groups is 1. The Bertz CT molecular complexity index is 419. The maximum atomic E-state index is 12.3. The molecule has 2 unspecified atom stereocenters. The van der Waals surface area contributed by atoms with E-state index in [2.05, 4.69) is 0 Å². The van der Waals surface area contributed by atoms with Crippen LogP contribution in [-0.2, 0) is 9.53 Å². The van der Waals surface area contributed by atoms with Crippen LogP contribution < -0.4 is 5.73 Å². The predicted molar refractivity (Wildman–Crippen MR) is 73.8 cm³/mol. The van der Waals surface area contributed by atoms with Crippen molar-refractivity contribution in [1.29, 1.82) is 0 Å². The number of methoxy groups -OCH3 is 1. The van der Waals surface area contributed by atoms with Crippen molar-refractivity contribution in [3.8, 4) is 5.75 Å². The van der Waals surface area contributed by atoms with E-state index in [0.717, 1.165) is 5.56 Å². The molecule has 0 fully saturated rings. The molecule has 1 aromatic carbocycles. The molecule has 19 heavy (non-hydrogen) atoms. The molecule has 0 spiro atoms. The van der Waals surface area contributed by atoms with E-state index in [1.165, 1.54) is 7.11 Å². The quantitative estimate of drug-likeness (QED) is 0.813. The second-order valence-corrected chi connectivity index (χ2v) is 4.36. The van der Waals surface area contributed by atoms with Crippen LogP contribution in [0.4, 0.5) is 0 Å². The van der Waals surface area contributed by atoms with Gasteiger partial charge in [-0.2, -0.15) is 0 Å². The Morgan fingerprint density at radius 2 is 2.21 bits per heavy atom. The first-order valence-corrected chi connectivity index (χ1v) is 6.37. The Hall–Kier alpha value is -1.59. The molecule has 3 N–H and O–H groups in total. The lowest BCUT2D eigenvalue weighted by atomic mass is 10.1. The van der Waals surface area contributed by atoms with Crippen molar-refractivity contribution in [1.82, 2.24) is 4.90 Å². The van der Waals surface area contributed by atoms with E-state index in [0.29, 0.717) is 6.54 Å². The van der Waals surface area contributed by atoms with Crippen molar-refractivity contribution < 1.29 is 14.6 Å². The van der Waals surface area contributed by atoms with Gasteiger partial charge in [-0.1, -0.05) is 12.1 Å². The molecule has 0 aromatic heterocycles. The van der Waals surface area contributed by atoms with Gasteiger partial charge in [-0.25, -0.2) is 0 Å². The Morgan fingerprint density at radius 1 is 1.53 bits per heavy atom. The smallest absolute Gasteiger partial charge is 0.253 e. The lowest BCUT2D eigenvalue weighted by Crippen LogP contribution is -2.44. The summed E-state index contributed by atoms with van der Waals surface area (Å²) in [6.45, 7) is 4.52. The molecule has 0 aliphatic rings. The van der Waals surface area contributed by atoms with Crippen LogP contribution in [0.1, 0.15) is 25.5 Å². The molecule has 0 aliphatic carbocycles. The van der Waals surface area contributed by atoms with Crippen molar-refractivity contribution in [2.24, 2.45) is 5.73 Å². The summed E-state index contributed by atoms with van der Waals surface area (Å²) in [4.78, 5) is 14.0. The number of phenols is 1. The molecule has 0 radical (unpaired) electrons. The minimum Gasteiger partial charge on any atom is -0.508 e. The molecule has 0 bridgehead atoms. The third-order valence-electron chi connectivity index (χ3n) is 3.22. The van der Waals surface area contributed by atoms with Crippen LogP contribution in [-0.4, -0.2) is 42.2 Å². The highest BCUT2D eigenvalue weighted by Gasteiger charge is 2.26. The van der Waals surface area contributed by atoms with Gasteiger partial charge < -0.3 is 20.5 Å². The zero-order chi connectivity index (χ0) is 14.4. The summed E-state index contributed by atoms with van der Waals surface area (Å²) in [5.74, 6) is 0.0540. The maximum absolute atomic E-state index is 12.3. The van der Waals surface area contributed by atoms with Crippen LogP contribution in [0.5, 0.6) is 5.75 Å². The number of ether oxygens (including phenoxy) is 1. The van der Waals surface area contributed by atoms with Crippen molar-refractivity contribution in [2.75, 3.05) is 20.2 Å². The average molecular weight is 266 g/mol. The van der Waals surface area contributed by atoms with Crippen molar-refractivity contribution >= 4 is 5.91 Å². The molecule has 0 saturated carbocycles. The number of nitrogens with zero attached hydrogens (tertiary/aromatic N) is 1. The molecule has 0 heterocycles. The summed E-state index contributed by atoms with van der Waals surface area (Å²) in [5, 5.41) is 9.51. The summed E-state index contributed by atoms with van der Waals surface area (Å²) in [6, 6.07) is 6.76. The number of nitrogens with two attached hydrogens (primary N) is 1. The van der Waals surface area contributed by atoms with E-state index < -0.39 is 6.10 Å². The number of carbonyl (C=O) groups excluding carboxylic acids is 1. The number of hydrogen-bond donors (Lipinski definition) is 2. The number of benzene rings is 1. The number of amides is 1. The third-order valence-corrected chi connectivity index (χ3v) is 3.22. The summed E-state index contributed by atoms with van der Waals surface area (Å²) in [5.41, 5.74) is 6.40. The van der Waals surface area contributed by atoms with Gasteiger partial charge in [-0.3, -0.25) is 4.79 Å². The lowest BCUT2D eigenvalue weighted by molar-refractivity contribution is -0.143. The summed E-state index contributed by atoms with van der Waals surface area (Å²) < 4.78 is 5.09. The summed E-state index contributed by atoms with van der Waals surface area (Å²) in [6.07, 6.45) is -0.625. The summed E-state index contributed by atoms with van der Waals surface area (Å²) >= 11 is 0.